The van der Waals surface area contributed by atoms with Crippen molar-refractivity contribution in [2.45, 2.75) is 45.5 Å². The summed E-state index contributed by atoms with van der Waals surface area (Å²) in [6, 6.07) is 13.8. The van der Waals surface area contributed by atoms with Gasteiger partial charge >= 0.3 is 0 Å². The highest BCUT2D eigenvalue weighted by molar-refractivity contribution is 5.80. The van der Waals surface area contributed by atoms with Crippen molar-refractivity contribution in [3.63, 3.8) is 0 Å². The Balaban J connectivity index is 1.39. The normalized spacial score (nSPS) is 15.7. The third kappa shape index (κ3) is 5.77. The van der Waals surface area contributed by atoms with Crippen molar-refractivity contribution in [3.8, 4) is 5.75 Å². The maximum Gasteiger partial charge on any atom is 0.252 e. The largest absolute Gasteiger partial charge is 0.494 e. The van der Waals surface area contributed by atoms with E-state index in [1.807, 2.05) is 31.2 Å². The zero-order chi connectivity index (χ0) is 24.9. The van der Waals surface area contributed by atoms with Gasteiger partial charge in [-0.2, -0.15) is 0 Å². The van der Waals surface area contributed by atoms with E-state index in [0.29, 0.717) is 44.2 Å². The molecule has 0 spiro atoms. The summed E-state index contributed by atoms with van der Waals surface area (Å²) in [5, 5.41) is 13.1. The highest BCUT2D eigenvalue weighted by Crippen LogP contribution is 2.21. The molecule has 1 fully saturated rings. The Bertz CT molecular complexity index is 1360. The van der Waals surface area contributed by atoms with Crippen LogP contribution < -0.4 is 10.3 Å². The van der Waals surface area contributed by atoms with Gasteiger partial charge < -0.3 is 14.5 Å². The van der Waals surface area contributed by atoms with E-state index in [-0.39, 0.29) is 17.5 Å². The Morgan fingerprint density at radius 2 is 2.06 bits per heavy atom. The van der Waals surface area contributed by atoms with Gasteiger partial charge in [0.2, 0.25) is 0 Å². The van der Waals surface area contributed by atoms with E-state index in [2.05, 4.69) is 25.4 Å². The number of aromatic amines is 1. The number of pyridine rings is 1. The van der Waals surface area contributed by atoms with Crippen LogP contribution in [0.4, 0.5) is 4.39 Å². The molecule has 9 nitrogen and oxygen atoms in total. The number of ether oxygens (including phenoxy) is 2. The maximum absolute atomic E-state index is 13.3. The average Bonchev–Trinajstić information content (AvgIpc) is 3.54. The zero-order valence-corrected chi connectivity index (χ0v) is 20.2. The molecule has 0 saturated carbocycles. The fourth-order valence-corrected chi connectivity index (χ4v) is 4.53. The lowest BCUT2D eigenvalue weighted by Crippen LogP contribution is -2.34. The van der Waals surface area contributed by atoms with Crippen molar-refractivity contribution in [2.75, 3.05) is 19.8 Å². The number of tetrazole rings is 1. The van der Waals surface area contributed by atoms with Gasteiger partial charge in [0, 0.05) is 36.2 Å². The first-order chi connectivity index (χ1) is 17.6. The van der Waals surface area contributed by atoms with E-state index >= 15 is 0 Å². The van der Waals surface area contributed by atoms with E-state index in [1.165, 1.54) is 12.1 Å². The molecule has 4 aromatic rings. The number of hydrogen-bond donors (Lipinski definition) is 1. The monoisotopic (exact) mass is 492 g/mol. The average molecular weight is 493 g/mol. The van der Waals surface area contributed by atoms with Crippen LogP contribution in [0.3, 0.4) is 0 Å². The molecule has 2 aromatic carbocycles. The van der Waals surface area contributed by atoms with Gasteiger partial charge in [0.05, 0.1) is 25.8 Å². The molecule has 188 valence electrons. The summed E-state index contributed by atoms with van der Waals surface area (Å²) in [5.74, 6) is 1.14. The molecule has 0 bridgehead atoms. The minimum atomic E-state index is -0.285. The molecule has 1 aliphatic rings. The van der Waals surface area contributed by atoms with Gasteiger partial charge in [0.1, 0.15) is 11.6 Å². The Morgan fingerprint density at radius 3 is 2.83 bits per heavy atom. The Kier molecular flexibility index (Phi) is 7.33. The van der Waals surface area contributed by atoms with E-state index in [4.69, 9.17) is 9.47 Å². The molecule has 3 heterocycles. The fraction of sp³-hybridized carbons (Fsp3) is 0.385. The number of benzene rings is 2. The van der Waals surface area contributed by atoms with Crippen molar-refractivity contribution in [1.82, 2.24) is 30.1 Å². The lowest BCUT2D eigenvalue weighted by Gasteiger charge is -2.24. The van der Waals surface area contributed by atoms with Gasteiger partial charge in [-0.15, -0.1) is 5.10 Å². The first-order valence-electron chi connectivity index (χ1n) is 12.2. The number of nitrogens with zero attached hydrogens (tertiary/aromatic N) is 5. The second kappa shape index (κ2) is 11.0. The number of H-pyrrole nitrogens is 1. The van der Waals surface area contributed by atoms with Crippen LogP contribution in [0, 0.1) is 5.82 Å². The van der Waals surface area contributed by atoms with Crippen molar-refractivity contribution in [1.29, 1.82) is 0 Å². The van der Waals surface area contributed by atoms with Crippen molar-refractivity contribution < 1.29 is 13.9 Å². The molecular formula is C26H29FN6O3. The highest BCUT2D eigenvalue weighted by Gasteiger charge is 2.22. The van der Waals surface area contributed by atoms with E-state index in [0.717, 1.165) is 41.7 Å². The third-order valence-electron chi connectivity index (χ3n) is 6.30. The lowest BCUT2D eigenvalue weighted by atomic mass is 10.1. The fourth-order valence-electron chi connectivity index (χ4n) is 4.53. The van der Waals surface area contributed by atoms with Crippen LogP contribution in [0.15, 0.2) is 53.3 Å². The maximum atomic E-state index is 13.3. The van der Waals surface area contributed by atoms with Crippen LogP contribution in [0.25, 0.3) is 10.9 Å². The second-order valence-electron chi connectivity index (χ2n) is 8.99. The van der Waals surface area contributed by atoms with Crippen LogP contribution in [-0.4, -0.2) is 56.0 Å². The summed E-state index contributed by atoms with van der Waals surface area (Å²) in [6.45, 7) is 5.18. The summed E-state index contributed by atoms with van der Waals surface area (Å²) in [4.78, 5) is 18.1. The molecule has 5 rings (SSSR count). The molecular weight excluding hydrogens is 463 g/mol. The lowest BCUT2D eigenvalue weighted by molar-refractivity contribution is 0.0663. The van der Waals surface area contributed by atoms with Crippen molar-refractivity contribution in [3.05, 3.63) is 81.7 Å². The summed E-state index contributed by atoms with van der Waals surface area (Å²) in [5.41, 5.74) is 2.18. The van der Waals surface area contributed by atoms with Gasteiger partial charge in [-0.05, 0) is 72.2 Å². The molecule has 1 saturated heterocycles. The standard InChI is InChI=1S/C26H29FN6O3/c1-2-35-22-9-10-24-19(13-22)12-20(26(34)28-24)15-32(16-23-4-3-11-36-23)17-25-29-30-31-33(25)14-18-5-7-21(27)8-6-18/h5-10,12-13,23H,2-4,11,14-17H2,1H3,(H,28,34)/t23-/m1/s1. The Labute approximate surface area is 207 Å². The van der Waals surface area contributed by atoms with Crippen LogP contribution in [0.2, 0.25) is 0 Å². The second-order valence-corrected chi connectivity index (χ2v) is 8.99. The molecule has 0 amide bonds. The summed E-state index contributed by atoms with van der Waals surface area (Å²) >= 11 is 0. The van der Waals surface area contributed by atoms with E-state index < -0.39 is 0 Å². The molecule has 0 unspecified atom stereocenters. The van der Waals surface area contributed by atoms with Gasteiger partial charge in [0.15, 0.2) is 5.82 Å². The van der Waals surface area contributed by atoms with Gasteiger partial charge in [-0.1, -0.05) is 12.1 Å². The zero-order valence-electron chi connectivity index (χ0n) is 20.2. The topological polar surface area (TPSA) is 98.2 Å². The first kappa shape index (κ1) is 24.1. The van der Waals surface area contributed by atoms with Crippen LogP contribution >= 0.6 is 0 Å². The van der Waals surface area contributed by atoms with Gasteiger partial charge in [-0.25, -0.2) is 9.07 Å². The predicted molar refractivity (Wildman–Crippen MR) is 132 cm³/mol. The SMILES string of the molecule is CCOc1ccc2[nH]c(=O)c(CN(Cc3nnnn3Cc3ccc(F)cc3)C[C@H]3CCCO3)cc2c1. The number of aromatic nitrogens is 5. The molecule has 10 heteroatoms. The Morgan fingerprint density at radius 1 is 1.19 bits per heavy atom. The molecule has 0 aliphatic carbocycles. The number of fused-ring (bicyclic) bond motifs is 1. The molecule has 1 aliphatic heterocycles. The molecule has 0 radical (unpaired) electrons. The predicted octanol–water partition coefficient (Wildman–Crippen LogP) is 3.28. The molecule has 36 heavy (non-hydrogen) atoms. The van der Waals surface area contributed by atoms with Crippen molar-refractivity contribution >= 4 is 10.9 Å². The van der Waals surface area contributed by atoms with E-state index in [9.17, 15) is 9.18 Å². The van der Waals surface area contributed by atoms with Gasteiger partial charge in [0.25, 0.3) is 5.56 Å². The summed E-state index contributed by atoms with van der Waals surface area (Å²) in [7, 11) is 0. The van der Waals surface area contributed by atoms with Crippen LogP contribution in [-0.2, 0) is 24.4 Å². The Hall–Kier alpha value is -3.63. The smallest absolute Gasteiger partial charge is 0.252 e. The van der Waals surface area contributed by atoms with Crippen molar-refractivity contribution in [2.24, 2.45) is 0 Å². The third-order valence-corrected chi connectivity index (χ3v) is 6.30. The summed E-state index contributed by atoms with van der Waals surface area (Å²) in [6.07, 6.45) is 2.09. The first-order valence-corrected chi connectivity index (χ1v) is 12.2. The molecule has 2 aromatic heterocycles. The minimum Gasteiger partial charge on any atom is -0.494 e. The van der Waals surface area contributed by atoms with E-state index in [1.54, 1.807) is 16.8 Å². The highest BCUT2D eigenvalue weighted by atomic mass is 19.1. The minimum absolute atomic E-state index is 0.0931. The molecule has 1 atom stereocenters. The van der Waals surface area contributed by atoms with Gasteiger partial charge in [-0.3, -0.25) is 9.69 Å². The summed E-state index contributed by atoms with van der Waals surface area (Å²) < 4.78 is 26.5. The van der Waals surface area contributed by atoms with Crippen LogP contribution in [0.1, 0.15) is 36.7 Å². The number of hydrogen-bond acceptors (Lipinski definition) is 7. The van der Waals surface area contributed by atoms with Crippen LogP contribution in [0.5, 0.6) is 5.75 Å². The number of rotatable bonds is 10. The quantitative estimate of drug-likeness (QED) is 0.363. The number of nitrogens with one attached hydrogen (secondary N) is 1. The molecule has 1 N–H and O–H groups in total. The number of halogens is 1.